The van der Waals surface area contributed by atoms with Gasteiger partial charge in [0.2, 0.25) is 5.91 Å². The summed E-state index contributed by atoms with van der Waals surface area (Å²) in [4.78, 5) is 11.8. The largest absolute Gasteiger partial charge is 0.390 e. The summed E-state index contributed by atoms with van der Waals surface area (Å²) in [6, 6.07) is 11.0. The van der Waals surface area contributed by atoms with E-state index in [1.165, 1.54) is 24.6 Å². The van der Waals surface area contributed by atoms with Crippen LogP contribution in [0, 0.1) is 11.6 Å². The third-order valence-electron chi connectivity index (χ3n) is 6.33. The predicted octanol–water partition coefficient (Wildman–Crippen LogP) is 3.79. The Bertz CT molecular complexity index is 925. The van der Waals surface area contributed by atoms with E-state index in [-0.39, 0.29) is 24.4 Å². The van der Waals surface area contributed by atoms with Gasteiger partial charge in [-0.05, 0) is 54.0 Å². The topological polar surface area (TPSA) is 70.6 Å². The molecule has 1 heterocycles. The van der Waals surface area contributed by atoms with Gasteiger partial charge in [-0.2, -0.15) is 0 Å². The summed E-state index contributed by atoms with van der Waals surface area (Å²) in [5.41, 5.74) is 2.39. The van der Waals surface area contributed by atoms with Crippen molar-refractivity contribution in [3.63, 3.8) is 0 Å². The highest BCUT2D eigenvalue weighted by Crippen LogP contribution is 2.33. The molecule has 0 spiro atoms. The summed E-state index contributed by atoms with van der Waals surface area (Å²) in [5.74, 6) is -1.31. The zero-order chi connectivity index (χ0) is 24.0. The fourth-order valence-corrected chi connectivity index (χ4v) is 4.45. The van der Waals surface area contributed by atoms with Gasteiger partial charge in [0.05, 0.1) is 12.1 Å². The Hall–Kier alpha value is -2.35. The molecule has 180 valence electrons. The number of aliphatic hydroxyl groups excluding tert-OH is 1. The highest BCUT2D eigenvalue weighted by molar-refractivity contribution is 5.73. The van der Waals surface area contributed by atoms with Crippen molar-refractivity contribution in [2.45, 2.75) is 63.6 Å². The molecular weight excluding hydrogens is 426 g/mol. The highest BCUT2D eigenvalue weighted by Gasteiger charge is 2.35. The first-order chi connectivity index (χ1) is 15.7. The van der Waals surface area contributed by atoms with E-state index in [1.54, 1.807) is 0 Å². The third-order valence-corrected chi connectivity index (χ3v) is 6.33. The van der Waals surface area contributed by atoms with E-state index in [9.17, 15) is 18.7 Å². The van der Waals surface area contributed by atoms with Crippen LogP contribution in [0.3, 0.4) is 0 Å². The first kappa shape index (κ1) is 25.3. The van der Waals surface area contributed by atoms with Gasteiger partial charge in [0.15, 0.2) is 0 Å². The Balaban J connectivity index is 1.78. The zero-order valence-electron chi connectivity index (χ0n) is 19.5. The van der Waals surface area contributed by atoms with Gasteiger partial charge in [-0.1, -0.05) is 38.1 Å². The van der Waals surface area contributed by atoms with Crippen molar-refractivity contribution < 1.29 is 23.4 Å². The van der Waals surface area contributed by atoms with Gasteiger partial charge < -0.3 is 20.5 Å². The molecule has 1 aliphatic rings. The lowest BCUT2D eigenvalue weighted by molar-refractivity contribution is -0.120. The number of ether oxygens (including phenoxy) is 1. The van der Waals surface area contributed by atoms with E-state index in [2.05, 4.69) is 48.7 Å². The number of aliphatic hydroxyl groups is 1. The van der Waals surface area contributed by atoms with E-state index >= 15 is 0 Å². The fourth-order valence-electron chi connectivity index (χ4n) is 4.45. The molecule has 0 aliphatic carbocycles. The number of carbonyl (C=O) groups excluding carboxylic acids is 1. The Kier molecular flexibility index (Phi) is 8.57. The van der Waals surface area contributed by atoms with Crippen molar-refractivity contribution in [1.29, 1.82) is 0 Å². The number of benzene rings is 2. The van der Waals surface area contributed by atoms with Crippen molar-refractivity contribution in [3.05, 3.63) is 70.8 Å². The number of hydrogen-bond acceptors (Lipinski definition) is 4. The summed E-state index contributed by atoms with van der Waals surface area (Å²) in [6.45, 7) is 7.07. The first-order valence-electron chi connectivity index (χ1n) is 11.5. The second-order valence-corrected chi connectivity index (χ2v) is 9.21. The van der Waals surface area contributed by atoms with Crippen molar-refractivity contribution in [2.75, 3.05) is 19.8 Å². The molecule has 1 amide bonds. The lowest BCUT2D eigenvalue weighted by Crippen LogP contribution is -2.54. The third kappa shape index (κ3) is 6.82. The molecular formula is C26H34F2N2O3. The van der Waals surface area contributed by atoms with Crippen molar-refractivity contribution in [2.24, 2.45) is 0 Å². The summed E-state index contributed by atoms with van der Waals surface area (Å²) >= 11 is 0. The van der Waals surface area contributed by atoms with Gasteiger partial charge in [0, 0.05) is 38.3 Å². The molecule has 3 N–H and O–H groups in total. The van der Waals surface area contributed by atoms with E-state index in [1.807, 2.05) is 0 Å². The lowest BCUT2D eigenvalue weighted by Gasteiger charge is -2.40. The number of amides is 1. The smallest absolute Gasteiger partial charge is 0.217 e. The minimum atomic E-state index is -0.965. The lowest BCUT2D eigenvalue weighted by atomic mass is 9.81. The first-order valence-corrected chi connectivity index (χ1v) is 11.5. The molecule has 1 fully saturated rings. The molecule has 1 aliphatic heterocycles. The van der Waals surface area contributed by atoms with Gasteiger partial charge in [-0.15, -0.1) is 0 Å². The average molecular weight is 461 g/mol. The zero-order valence-corrected chi connectivity index (χ0v) is 19.5. The van der Waals surface area contributed by atoms with Gasteiger partial charge in [-0.25, -0.2) is 8.78 Å². The molecule has 2 aromatic rings. The van der Waals surface area contributed by atoms with Crippen LogP contribution in [-0.2, 0) is 21.5 Å². The molecule has 3 rings (SSSR count). The van der Waals surface area contributed by atoms with Crippen molar-refractivity contribution in [3.8, 4) is 0 Å². The molecule has 33 heavy (non-hydrogen) atoms. The predicted molar refractivity (Wildman–Crippen MR) is 124 cm³/mol. The summed E-state index contributed by atoms with van der Waals surface area (Å²) in [7, 11) is 0. The molecule has 2 atom stereocenters. The van der Waals surface area contributed by atoms with Crippen LogP contribution in [-0.4, -0.2) is 42.9 Å². The maximum atomic E-state index is 13.6. The van der Waals surface area contributed by atoms with Gasteiger partial charge in [-0.3, -0.25) is 4.79 Å². The average Bonchev–Trinajstić information content (AvgIpc) is 2.77. The van der Waals surface area contributed by atoms with E-state index < -0.39 is 23.8 Å². The van der Waals surface area contributed by atoms with Gasteiger partial charge >= 0.3 is 0 Å². The van der Waals surface area contributed by atoms with Crippen LogP contribution in [0.5, 0.6) is 0 Å². The quantitative estimate of drug-likeness (QED) is 0.533. The van der Waals surface area contributed by atoms with Crippen LogP contribution >= 0.6 is 0 Å². The Morgan fingerprint density at radius 2 is 1.79 bits per heavy atom. The minimum Gasteiger partial charge on any atom is -0.390 e. The number of halogens is 2. The van der Waals surface area contributed by atoms with Crippen LogP contribution in [0.2, 0.25) is 0 Å². The van der Waals surface area contributed by atoms with Crippen molar-refractivity contribution >= 4 is 5.91 Å². The van der Waals surface area contributed by atoms with Crippen LogP contribution in [0.4, 0.5) is 8.78 Å². The Morgan fingerprint density at radius 3 is 2.39 bits per heavy atom. The highest BCUT2D eigenvalue weighted by atomic mass is 19.1. The Morgan fingerprint density at radius 1 is 1.12 bits per heavy atom. The standard InChI is InChI=1S/C26H34F2N2O3/c1-17(2)20-5-4-6-21(14-20)26(7-9-33-10-8-26)29-16-25(32)24(30-18(3)31)13-19-11-22(27)15-23(28)12-19/h4-6,11-12,14-15,17,24-25,29,32H,7-10,13,16H2,1-3H3,(H,30,31)/t24-,25+/m0/s1. The number of rotatable bonds is 9. The molecule has 1 saturated heterocycles. The molecule has 0 saturated carbocycles. The summed E-state index contributed by atoms with van der Waals surface area (Å²) in [5, 5.41) is 17.3. The maximum Gasteiger partial charge on any atom is 0.217 e. The van der Waals surface area contributed by atoms with Crippen molar-refractivity contribution in [1.82, 2.24) is 10.6 Å². The number of nitrogens with one attached hydrogen (secondary N) is 2. The monoisotopic (exact) mass is 460 g/mol. The van der Waals surface area contributed by atoms with E-state index in [0.717, 1.165) is 24.5 Å². The second kappa shape index (κ2) is 11.2. The van der Waals surface area contributed by atoms with Gasteiger partial charge in [0.1, 0.15) is 11.6 Å². The maximum absolute atomic E-state index is 13.6. The summed E-state index contributed by atoms with van der Waals surface area (Å²) in [6.07, 6.45) is 0.645. The SMILES string of the molecule is CC(=O)N[C@@H](Cc1cc(F)cc(F)c1)[C@H](O)CNC1(c2cccc(C(C)C)c2)CCOCC1. The number of carbonyl (C=O) groups is 1. The molecule has 0 bridgehead atoms. The van der Waals surface area contributed by atoms with E-state index in [0.29, 0.717) is 24.7 Å². The molecule has 0 aromatic heterocycles. The minimum absolute atomic E-state index is 0.107. The Labute approximate surface area is 194 Å². The van der Waals surface area contributed by atoms with Crippen LogP contribution < -0.4 is 10.6 Å². The molecule has 2 aromatic carbocycles. The summed E-state index contributed by atoms with van der Waals surface area (Å²) < 4.78 is 32.9. The van der Waals surface area contributed by atoms with Crippen LogP contribution in [0.1, 0.15) is 56.2 Å². The molecule has 0 unspecified atom stereocenters. The van der Waals surface area contributed by atoms with Crippen LogP contribution in [0.25, 0.3) is 0 Å². The number of hydrogen-bond donors (Lipinski definition) is 3. The molecule has 7 heteroatoms. The fraction of sp³-hybridized carbons (Fsp3) is 0.500. The molecule has 5 nitrogen and oxygen atoms in total. The second-order valence-electron chi connectivity index (χ2n) is 9.21. The van der Waals surface area contributed by atoms with E-state index in [4.69, 9.17) is 4.74 Å². The molecule has 0 radical (unpaired) electrons. The van der Waals surface area contributed by atoms with Crippen LogP contribution in [0.15, 0.2) is 42.5 Å². The normalized spacial score (nSPS) is 17.5. The van der Waals surface area contributed by atoms with Gasteiger partial charge in [0.25, 0.3) is 0 Å².